The second-order valence-electron chi connectivity index (χ2n) is 4.84. The summed E-state index contributed by atoms with van der Waals surface area (Å²) in [5.74, 6) is -0.420. The highest BCUT2D eigenvalue weighted by Gasteiger charge is 2.33. The van der Waals surface area contributed by atoms with Gasteiger partial charge < -0.3 is 11.1 Å². The van der Waals surface area contributed by atoms with Crippen molar-refractivity contribution in [2.75, 3.05) is 26.2 Å². The number of piperidine rings is 1. The molecule has 2 rings (SSSR count). The quantitative estimate of drug-likeness (QED) is 0.776. The molecule has 0 aliphatic carbocycles. The molecule has 1 aliphatic rings. The number of carbonyl (C=O) groups is 1. The summed E-state index contributed by atoms with van der Waals surface area (Å²) in [4.78, 5) is 12.0. The van der Waals surface area contributed by atoms with Crippen molar-refractivity contribution in [1.29, 1.82) is 0 Å². The van der Waals surface area contributed by atoms with E-state index in [2.05, 4.69) is 21.2 Å². The van der Waals surface area contributed by atoms with Gasteiger partial charge in [-0.2, -0.15) is 4.31 Å². The molecule has 118 valence electrons. The van der Waals surface area contributed by atoms with Gasteiger partial charge in [0.25, 0.3) is 10.0 Å². The fraction of sp³-hybridized carbons (Fsp3) is 0.583. The highest BCUT2D eigenvalue weighted by atomic mass is 79.9. The van der Waals surface area contributed by atoms with E-state index >= 15 is 0 Å². The van der Waals surface area contributed by atoms with Crippen molar-refractivity contribution in [2.24, 2.45) is 11.7 Å². The normalized spacial score (nSPS) is 20.4. The summed E-state index contributed by atoms with van der Waals surface area (Å²) in [5, 5.41) is 2.73. The molecule has 1 aromatic heterocycles. The zero-order valence-corrected chi connectivity index (χ0v) is 14.6. The molecule has 2 heterocycles. The molecule has 1 aromatic rings. The smallest absolute Gasteiger partial charge is 0.252 e. The lowest BCUT2D eigenvalue weighted by molar-refractivity contribution is -0.126. The summed E-state index contributed by atoms with van der Waals surface area (Å²) in [5.41, 5.74) is 5.36. The molecule has 9 heteroatoms. The first-order valence-electron chi connectivity index (χ1n) is 6.68. The number of sulfonamides is 1. The average Bonchev–Trinajstić information content (AvgIpc) is 2.92. The minimum Gasteiger partial charge on any atom is -0.355 e. The Morgan fingerprint density at radius 1 is 1.52 bits per heavy atom. The lowest BCUT2D eigenvalue weighted by Crippen LogP contribution is -2.45. The number of amides is 1. The standard InChI is InChI=1S/C12H18BrN3O3S2/c13-10-3-4-11(20-10)21(18,19)16-7-1-2-9(8-16)12(17)15-6-5-14/h3-4,9H,1-2,5-8,14H2,(H,15,17). The van der Waals surface area contributed by atoms with Crippen molar-refractivity contribution in [3.63, 3.8) is 0 Å². The van der Waals surface area contributed by atoms with Gasteiger partial charge in [0, 0.05) is 26.2 Å². The number of rotatable bonds is 5. The summed E-state index contributed by atoms with van der Waals surface area (Å²) in [6.45, 7) is 1.48. The molecule has 0 spiro atoms. The van der Waals surface area contributed by atoms with Crippen LogP contribution < -0.4 is 11.1 Å². The number of halogens is 1. The van der Waals surface area contributed by atoms with Gasteiger partial charge >= 0.3 is 0 Å². The van der Waals surface area contributed by atoms with E-state index in [0.717, 1.165) is 3.79 Å². The summed E-state index contributed by atoms with van der Waals surface area (Å²) >= 11 is 4.45. The first-order chi connectivity index (χ1) is 9.95. The third-order valence-electron chi connectivity index (χ3n) is 3.34. The van der Waals surface area contributed by atoms with Crippen LogP contribution in [0.3, 0.4) is 0 Å². The van der Waals surface area contributed by atoms with Crippen LogP contribution in [0.15, 0.2) is 20.1 Å². The number of hydrogen-bond donors (Lipinski definition) is 2. The first kappa shape index (κ1) is 16.9. The minimum atomic E-state index is -3.51. The maximum atomic E-state index is 12.5. The van der Waals surface area contributed by atoms with Crippen LogP contribution in [0, 0.1) is 5.92 Å². The highest BCUT2D eigenvalue weighted by molar-refractivity contribution is 9.11. The Kier molecular flexibility index (Phi) is 5.78. The van der Waals surface area contributed by atoms with Gasteiger partial charge in [0.15, 0.2) is 0 Å². The molecule has 0 radical (unpaired) electrons. The van der Waals surface area contributed by atoms with Crippen LogP contribution in [0.4, 0.5) is 0 Å². The zero-order valence-electron chi connectivity index (χ0n) is 11.4. The van der Waals surface area contributed by atoms with E-state index in [0.29, 0.717) is 36.7 Å². The number of carbonyl (C=O) groups excluding carboxylic acids is 1. The van der Waals surface area contributed by atoms with Gasteiger partial charge in [0.05, 0.1) is 9.70 Å². The van der Waals surface area contributed by atoms with Crippen molar-refractivity contribution < 1.29 is 13.2 Å². The molecule has 1 fully saturated rings. The molecule has 1 atom stereocenters. The van der Waals surface area contributed by atoms with Crippen molar-refractivity contribution in [2.45, 2.75) is 17.1 Å². The Morgan fingerprint density at radius 3 is 2.90 bits per heavy atom. The third-order valence-corrected chi connectivity index (χ3v) is 7.30. The minimum absolute atomic E-state index is 0.118. The second kappa shape index (κ2) is 7.19. The molecule has 0 saturated carbocycles. The van der Waals surface area contributed by atoms with Crippen LogP contribution in [0.25, 0.3) is 0 Å². The molecule has 21 heavy (non-hydrogen) atoms. The van der Waals surface area contributed by atoms with Crippen molar-refractivity contribution >= 4 is 43.2 Å². The monoisotopic (exact) mass is 395 g/mol. The third kappa shape index (κ3) is 4.04. The lowest BCUT2D eigenvalue weighted by Gasteiger charge is -2.30. The van der Waals surface area contributed by atoms with Gasteiger partial charge in [-0.05, 0) is 40.9 Å². The Hall–Kier alpha value is -0.480. The van der Waals surface area contributed by atoms with E-state index in [1.54, 1.807) is 12.1 Å². The average molecular weight is 396 g/mol. The fourth-order valence-corrected chi connectivity index (χ4v) is 5.97. The van der Waals surface area contributed by atoms with Crippen LogP contribution >= 0.6 is 27.3 Å². The fourth-order valence-electron chi connectivity index (χ4n) is 2.28. The summed E-state index contributed by atoms with van der Waals surface area (Å²) < 4.78 is 27.6. The number of hydrogen-bond acceptors (Lipinski definition) is 5. The van der Waals surface area contributed by atoms with E-state index in [9.17, 15) is 13.2 Å². The van der Waals surface area contributed by atoms with Gasteiger partial charge in [0.2, 0.25) is 5.91 Å². The van der Waals surface area contributed by atoms with Crippen LogP contribution in [0.5, 0.6) is 0 Å². The Bertz CT molecular complexity index is 603. The Morgan fingerprint density at radius 2 is 2.29 bits per heavy atom. The molecule has 0 bridgehead atoms. The van der Waals surface area contributed by atoms with Crippen LogP contribution in [0.1, 0.15) is 12.8 Å². The molecule has 1 saturated heterocycles. The summed E-state index contributed by atoms with van der Waals surface area (Å²) in [6.07, 6.45) is 1.39. The maximum absolute atomic E-state index is 12.5. The number of nitrogens with one attached hydrogen (secondary N) is 1. The van der Waals surface area contributed by atoms with Gasteiger partial charge in [-0.15, -0.1) is 11.3 Å². The first-order valence-corrected chi connectivity index (χ1v) is 9.73. The lowest BCUT2D eigenvalue weighted by atomic mass is 9.99. The van der Waals surface area contributed by atoms with Gasteiger partial charge in [0.1, 0.15) is 4.21 Å². The van der Waals surface area contributed by atoms with E-state index in [1.807, 2.05) is 0 Å². The van der Waals surface area contributed by atoms with Crippen LogP contribution in [-0.4, -0.2) is 44.8 Å². The van der Waals surface area contributed by atoms with Crippen molar-refractivity contribution in [3.8, 4) is 0 Å². The highest BCUT2D eigenvalue weighted by Crippen LogP contribution is 2.30. The predicted molar refractivity (Wildman–Crippen MR) is 85.6 cm³/mol. The van der Waals surface area contributed by atoms with E-state index in [4.69, 9.17) is 5.73 Å². The molecular weight excluding hydrogens is 378 g/mol. The molecular formula is C12H18BrN3O3S2. The number of nitrogens with two attached hydrogens (primary N) is 1. The number of thiophene rings is 1. The predicted octanol–water partition coefficient (Wildman–Crippen LogP) is 0.986. The largest absolute Gasteiger partial charge is 0.355 e. The molecule has 1 amide bonds. The molecule has 6 nitrogen and oxygen atoms in total. The van der Waals surface area contributed by atoms with Gasteiger partial charge in [-0.25, -0.2) is 8.42 Å². The maximum Gasteiger partial charge on any atom is 0.252 e. The zero-order chi connectivity index (χ0) is 15.5. The summed E-state index contributed by atoms with van der Waals surface area (Å²) in [6, 6.07) is 3.30. The second-order valence-corrected chi connectivity index (χ2v) is 9.47. The molecule has 1 unspecified atom stereocenters. The van der Waals surface area contributed by atoms with Gasteiger partial charge in [-0.3, -0.25) is 4.79 Å². The van der Waals surface area contributed by atoms with E-state index in [1.165, 1.54) is 15.6 Å². The van der Waals surface area contributed by atoms with Crippen LogP contribution in [0.2, 0.25) is 0 Å². The molecule has 1 aliphatic heterocycles. The Labute approximate surface area is 136 Å². The van der Waals surface area contributed by atoms with Crippen LogP contribution in [-0.2, 0) is 14.8 Å². The SMILES string of the molecule is NCCNC(=O)C1CCCN(S(=O)(=O)c2ccc(Br)s2)C1. The Balaban J connectivity index is 2.08. The van der Waals surface area contributed by atoms with E-state index in [-0.39, 0.29) is 18.4 Å². The topological polar surface area (TPSA) is 92.5 Å². The molecule has 3 N–H and O–H groups in total. The van der Waals surface area contributed by atoms with Crippen molar-refractivity contribution in [3.05, 3.63) is 15.9 Å². The number of nitrogens with zero attached hydrogens (tertiary/aromatic N) is 1. The summed E-state index contributed by atoms with van der Waals surface area (Å²) in [7, 11) is -3.51. The molecule has 0 aromatic carbocycles. The van der Waals surface area contributed by atoms with Gasteiger partial charge in [-0.1, -0.05) is 0 Å². The van der Waals surface area contributed by atoms with E-state index < -0.39 is 10.0 Å². The van der Waals surface area contributed by atoms with Crippen molar-refractivity contribution in [1.82, 2.24) is 9.62 Å².